The van der Waals surface area contributed by atoms with Gasteiger partial charge in [-0.3, -0.25) is 9.59 Å². The molecule has 1 aromatic carbocycles. The first-order chi connectivity index (χ1) is 10.8. The minimum atomic E-state index is -1.33. The monoisotopic (exact) mass is 316 g/mol. The molecule has 2 rings (SSSR count). The molecule has 2 amide bonds. The van der Waals surface area contributed by atoms with Gasteiger partial charge in [-0.15, -0.1) is 0 Å². The van der Waals surface area contributed by atoms with Gasteiger partial charge in [0.1, 0.15) is 17.1 Å². The average Bonchev–Trinajstić information content (AvgIpc) is 2.85. The third-order valence-electron chi connectivity index (χ3n) is 3.45. The summed E-state index contributed by atoms with van der Waals surface area (Å²) in [6.07, 6.45) is 0. The number of furan rings is 1. The van der Waals surface area contributed by atoms with E-state index in [1.165, 1.54) is 0 Å². The number of nitrogens with one attached hydrogen (secondary N) is 2. The predicted octanol–water partition coefficient (Wildman–Crippen LogP) is 1.86. The summed E-state index contributed by atoms with van der Waals surface area (Å²) in [6.45, 7) is 4.97. The number of amides is 2. The van der Waals surface area contributed by atoms with Crippen LogP contribution in [-0.2, 0) is 15.2 Å². The van der Waals surface area contributed by atoms with Crippen LogP contribution in [0.1, 0.15) is 24.0 Å². The highest BCUT2D eigenvalue weighted by Gasteiger charge is 2.29. The molecule has 2 aromatic rings. The minimum Gasteiger partial charge on any atom is -0.466 e. The van der Waals surface area contributed by atoms with E-state index >= 15 is 0 Å². The van der Waals surface area contributed by atoms with Crippen molar-refractivity contribution < 1.29 is 19.1 Å². The number of para-hydroxylation sites is 1. The summed E-state index contributed by atoms with van der Waals surface area (Å²) in [5, 5.41) is 15.4. The van der Waals surface area contributed by atoms with E-state index in [1.54, 1.807) is 51.1 Å². The van der Waals surface area contributed by atoms with E-state index in [9.17, 15) is 14.7 Å². The van der Waals surface area contributed by atoms with Crippen LogP contribution in [0.3, 0.4) is 0 Å². The lowest BCUT2D eigenvalue weighted by Crippen LogP contribution is -2.43. The molecular formula is C17H20N2O4. The lowest BCUT2D eigenvalue weighted by molar-refractivity contribution is -0.136. The van der Waals surface area contributed by atoms with Gasteiger partial charge in [-0.25, -0.2) is 0 Å². The molecule has 0 aliphatic heterocycles. The molecule has 0 saturated carbocycles. The van der Waals surface area contributed by atoms with Crippen LogP contribution < -0.4 is 10.6 Å². The minimum absolute atomic E-state index is 0.103. The molecule has 0 saturated heterocycles. The highest BCUT2D eigenvalue weighted by molar-refractivity contribution is 6.39. The lowest BCUT2D eigenvalue weighted by Gasteiger charge is -2.23. The van der Waals surface area contributed by atoms with Crippen LogP contribution in [0.25, 0.3) is 0 Å². The van der Waals surface area contributed by atoms with Crippen molar-refractivity contribution in [1.82, 2.24) is 5.32 Å². The summed E-state index contributed by atoms with van der Waals surface area (Å²) in [4.78, 5) is 23.7. The molecule has 1 aromatic heterocycles. The molecule has 0 bridgehead atoms. The Kier molecular flexibility index (Phi) is 4.86. The topological polar surface area (TPSA) is 91.6 Å². The highest BCUT2D eigenvalue weighted by Crippen LogP contribution is 2.26. The number of benzene rings is 1. The number of hydrogen-bond donors (Lipinski definition) is 3. The zero-order valence-electron chi connectivity index (χ0n) is 13.3. The van der Waals surface area contributed by atoms with Crippen molar-refractivity contribution >= 4 is 17.5 Å². The quantitative estimate of drug-likeness (QED) is 0.751. The zero-order chi connectivity index (χ0) is 17.0. The van der Waals surface area contributed by atoms with Crippen LogP contribution in [-0.4, -0.2) is 23.5 Å². The average molecular weight is 316 g/mol. The highest BCUT2D eigenvalue weighted by atomic mass is 16.3. The first-order valence-electron chi connectivity index (χ1n) is 7.24. The maximum absolute atomic E-state index is 11.9. The van der Waals surface area contributed by atoms with Crippen molar-refractivity contribution in [3.8, 4) is 0 Å². The molecule has 0 spiro atoms. The summed E-state index contributed by atoms with van der Waals surface area (Å²) < 4.78 is 5.38. The molecule has 1 unspecified atom stereocenters. The maximum Gasteiger partial charge on any atom is 0.313 e. The van der Waals surface area contributed by atoms with Gasteiger partial charge in [-0.05, 0) is 39.0 Å². The molecule has 6 heteroatoms. The van der Waals surface area contributed by atoms with Gasteiger partial charge in [0.2, 0.25) is 0 Å². The second-order valence-electron chi connectivity index (χ2n) is 5.60. The molecule has 6 nitrogen and oxygen atoms in total. The van der Waals surface area contributed by atoms with Crippen LogP contribution in [0, 0.1) is 13.8 Å². The number of carbonyl (C=O) groups is 2. The Hall–Kier alpha value is -2.60. The van der Waals surface area contributed by atoms with E-state index in [0.29, 0.717) is 22.8 Å². The third kappa shape index (κ3) is 4.20. The van der Waals surface area contributed by atoms with Gasteiger partial charge >= 0.3 is 11.8 Å². The molecule has 0 aliphatic rings. The van der Waals surface area contributed by atoms with Gasteiger partial charge < -0.3 is 20.2 Å². The van der Waals surface area contributed by atoms with Gasteiger partial charge in [-0.1, -0.05) is 18.2 Å². The van der Waals surface area contributed by atoms with E-state index in [2.05, 4.69) is 10.6 Å². The number of aliphatic hydroxyl groups is 1. The largest absolute Gasteiger partial charge is 0.466 e. The Morgan fingerprint density at radius 3 is 2.39 bits per heavy atom. The normalized spacial score (nSPS) is 13.2. The van der Waals surface area contributed by atoms with Gasteiger partial charge in [0.05, 0.1) is 6.54 Å². The fourth-order valence-electron chi connectivity index (χ4n) is 2.30. The Morgan fingerprint density at radius 2 is 1.83 bits per heavy atom. The van der Waals surface area contributed by atoms with Crippen LogP contribution in [0.15, 0.2) is 40.8 Å². The van der Waals surface area contributed by atoms with Crippen molar-refractivity contribution in [1.29, 1.82) is 0 Å². The first kappa shape index (κ1) is 16.8. The van der Waals surface area contributed by atoms with Crippen molar-refractivity contribution in [3.63, 3.8) is 0 Å². The van der Waals surface area contributed by atoms with Crippen LogP contribution in [0.2, 0.25) is 0 Å². The third-order valence-corrected chi connectivity index (χ3v) is 3.45. The molecule has 1 atom stereocenters. The van der Waals surface area contributed by atoms with Gasteiger partial charge in [0.25, 0.3) is 0 Å². The molecular weight excluding hydrogens is 296 g/mol. The van der Waals surface area contributed by atoms with Crippen molar-refractivity contribution in [2.45, 2.75) is 26.4 Å². The molecule has 0 fully saturated rings. The second kappa shape index (κ2) is 6.66. The van der Waals surface area contributed by atoms with Gasteiger partial charge in [-0.2, -0.15) is 0 Å². The number of anilines is 1. The molecule has 0 aliphatic carbocycles. The molecule has 0 radical (unpaired) electrons. The van der Waals surface area contributed by atoms with E-state index < -0.39 is 17.4 Å². The van der Waals surface area contributed by atoms with E-state index in [-0.39, 0.29) is 6.54 Å². The Morgan fingerprint density at radius 1 is 1.17 bits per heavy atom. The van der Waals surface area contributed by atoms with Gasteiger partial charge in [0, 0.05) is 11.3 Å². The smallest absolute Gasteiger partial charge is 0.313 e. The Balaban J connectivity index is 1.95. The summed E-state index contributed by atoms with van der Waals surface area (Å²) in [5.74, 6) is -0.347. The Labute approximate surface area is 134 Å². The van der Waals surface area contributed by atoms with E-state index in [4.69, 9.17) is 4.42 Å². The molecule has 3 N–H and O–H groups in total. The fraction of sp³-hybridized carbons (Fsp3) is 0.294. The van der Waals surface area contributed by atoms with Crippen LogP contribution >= 0.6 is 0 Å². The number of aryl methyl sites for hydroxylation is 2. The second-order valence-corrected chi connectivity index (χ2v) is 5.60. The van der Waals surface area contributed by atoms with Crippen molar-refractivity contribution in [3.05, 3.63) is 53.5 Å². The summed E-state index contributed by atoms with van der Waals surface area (Å²) in [6, 6.07) is 10.4. The molecule has 1 heterocycles. The number of rotatable bonds is 4. The van der Waals surface area contributed by atoms with Crippen molar-refractivity contribution in [2.24, 2.45) is 0 Å². The zero-order valence-corrected chi connectivity index (χ0v) is 13.3. The Bertz CT molecular complexity index is 705. The number of carbonyl (C=O) groups excluding carboxylic acids is 2. The maximum atomic E-state index is 11.9. The summed E-state index contributed by atoms with van der Waals surface area (Å²) in [7, 11) is 0. The van der Waals surface area contributed by atoms with Crippen LogP contribution in [0.5, 0.6) is 0 Å². The standard InChI is InChI=1S/C17H20N2O4/c1-11-9-14(12(2)23-11)17(3,22)10-18-15(20)16(21)19-13-7-5-4-6-8-13/h4-9,22H,10H2,1-3H3,(H,18,20)(H,19,21). The first-order valence-corrected chi connectivity index (χ1v) is 7.24. The summed E-state index contributed by atoms with van der Waals surface area (Å²) in [5.41, 5.74) is -0.218. The summed E-state index contributed by atoms with van der Waals surface area (Å²) >= 11 is 0. The van der Waals surface area contributed by atoms with Crippen molar-refractivity contribution in [2.75, 3.05) is 11.9 Å². The molecule has 122 valence electrons. The van der Waals surface area contributed by atoms with E-state index in [1.807, 2.05) is 6.07 Å². The lowest BCUT2D eigenvalue weighted by atomic mass is 9.96. The predicted molar refractivity (Wildman–Crippen MR) is 85.8 cm³/mol. The SMILES string of the molecule is Cc1cc(C(C)(O)CNC(=O)C(=O)Nc2ccccc2)c(C)o1. The van der Waals surface area contributed by atoms with E-state index in [0.717, 1.165) is 0 Å². The fourth-order valence-corrected chi connectivity index (χ4v) is 2.30. The molecule has 23 heavy (non-hydrogen) atoms. The van der Waals surface area contributed by atoms with Crippen LogP contribution in [0.4, 0.5) is 5.69 Å². The van der Waals surface area contributed by atoms with Gasteiger partial charge in [0.15, 0.2) is 0 Å². The number of hydrogen-bond acceptors (Lipinski definition) is 4.